The fourth-order valence-electron chi connectivity index (χ4n) is 1.06. The lowest BCUT2D eigenvalue weighted by atomic mass is 10.3. The molecule has 0 aliphatic heterocycles. The molecule has 1 aromatic rings. The molecule has 1 aromatic heterocycles. The predicted octanol–water partition coefficient (Wildman–Crippen LogP) is 0.0732. The molecule has 0 aromatic carbocycles. The van der Waals surface area contributed by atoms with Crippen molar-refractivity contribution in [3.05, 3.63) is 11.7 Å². The van der Waals surface area contributed by atoms with E-state index in [4.69, 9.17) is 9.26 Å². The van der Waals surface area contributed by atoms with Crippen molar-refractivity contribution < 1.29 is 14.1 Å². The van der Waals surface area contributed by atoms with Crippen molar-refractivity contribution in [2.75, 3.05) is 20.3 Å². The first-order valence-electron chi connectivity index (χ1n) is 4.77. The first-order valence-corrected chi connectivity index (χ1v) is 4.77. The summed E-state index contributed by atoms with van der Waals surface area (Å²) < 4.78 is 9.67. The Balaban J connectivity index is 2.18. The number of hydrogen-bond acceptors (Lipinski definition) is 5. The minimum atomic E-state index is -0.116. The summed E-state index contributed by atoms with van der Waals surface area (Å²) in [6, 6.07) is 0. The van der Waals surface area contributed by atoms with Crippen LogP contribution in [0.5, 0.6) is 0 Å². The van der Waals surface area contributed by atoms with Gasteiger partial charge in [-0.1, -0.05) is 5.16 Å². The zero-order valence-electron chi connectivity index (χ0n) is 8.95. The summed E-state index contributed by atoms with van der Waals surface area (Å²) in [7, 11) is 1.63. The number of carbonyl (C=O) groups excluding carboxylic acids is 1. The second kappa shape index (κ2) is 6.13. The van der Waals surface area contributed by atoms with E-state index in [1.807, 2.05) is 0 Å². The van der Waals surface area contributed by atoms with Gasteiger partial charge in [0.05, 0.1) is 0 Å². The van der Waals surface area contributed by atoms with E-state index in [2.05, 4.69) is 15.5 Å². The molecule has 1 amide bonds. The second-order valence-corrected chi connectivity index (χ2v) is 3.11. The molecule has 0 spiro atoms. The van der Waals surface area contributed by atoms with E-state index in [9.17, 15) is 4.79 Å². The Hall–Kier alpha value is -1.43. The van der Waals surface area contributed by atoms with Gasteiger partial charge in [0.25, 0.3) is 0 Å². The van der Waals surface area contributed by atoms with Crippen molar-refractivity contribution in [3.63, 3.8) is 0 Å². The number of methoxy groups -OCH3 is 1. The third kappa shape index (κ3) is 4.55. The highest BCUT2D eigenvalue weighted by Crippen LogP contribution is 1.96. The molecule has 6 heteroatoms. The van der Waals surface area contributed by atoms with E-state index < -0.39 is 0 Å². The summed E-state index contributed by atoms with van der Waals surface area (Å²) in [5.74, 6) is 0.767. The molecular formula is C9H15N3O3. The average Bonchev–Trinajstić information content (AvgIpc) is 2.59. The van der Waals surface area contributed by atoms with Crippen LogP contribution in [0, 0.1) is 6.92 Å². The van der Waals surface area contributed by atoms with Crippen molar-refractivity contribution in [2.24, 2.45) is 0 Å². The summed E-state index contributed by atoms with van der Waals surface area (Å²) >= 11 is 0. The molecule has 0 unspecified atom stereocenters. The largest absolute Gasteiger partial charge is 0.385 e. The third-order valence-electron chi connectivity index (χ3n) is 1.73. The molecule has 0 aliphatic carbocycles. The Morgan fingerprint density at radius 2 is 2.40 bits per heavy atom. The van der Waals surface area contributed by atoms with Crippen molar-refractivity contribution in [3.8, 4) is 0 Å². The number of amides is 1. The van der Waals surface area contributed by atoms with Crippen LogP contribution in [0.1, 0.15) is 18.1 Å². The van der Waals surface area contributed by atoms with Gasteiger partial charge in [0.1, 0.15) is 6.42 Å². The van der Waals surface area contributed by atoms with Gasteiger partial charge in [-0.3, -0.25) is 4.79 Å². The van der Waals surface area contributed by atoms with Crippen molar-refractivity contribution >= 4 is 5.91 Å². The third-order valence-corrected chi connectivity index (χ3v) is 1.73. The summed E-state index contributed by atoms with van der Waals surface area (Å²) in [6.45, 7) is 2.95. The van der Waals surface area contributed by atoms with Crippen molar-refractivity contribution in [1.82, 2.24) is 15.5 Å². The van der Waals surface area contributed by atoms with Gasteiger partial charge >= 0.3 is 0 Å². The number of nitrogens with one attached hydrogen (secondary N) is 1. The Kier molecular flexibility index (Phi) is 4.76. The standard InChI is InChI=1S/C9H15N3O3/c1-7-11-9(15-12-7)6-8(13)10-4-3-5-14-2/h3-6H2,1-2H3,(H,10,13). The van der Waals surface area contributed by atoms with Gasteiger partial charge in [-0.15, -0.1) is 0 Å². The molecule has 0 saturated heterocycles. The molecular weight excluding hydrogens is 198 g/mol. The number of aromatic nitrogens is 2. The molecule has 0 atom stereocenters. The Labute approximate surface area is 88.0 Å². The van der Waals surface area contributed by atoms with Gasteiger partial charge in [0.15, 0.2) is 5.82 Å². The fraction of sp³-hybridized carbons (Fsp3) is 0.667. The molecule has 1 rings (SSSR count). The fourth-order valence-corrected chi connectivity index (χ4v) is 1.06. The summed E-state index contributed by atoms with van der Waals surface area (Å²) in [5.41, 5.74) is 0. The smallest absolute Gasteiger partial charge is 0.236 e. The molecule has 0 aliphatic rings. The predicted molar refractivity (Wildman–Crippen MR) is 52.2 cm³/mol. The Bertz CT molecular complexity index is 311. The van der Waals surface area contributed by atoms with Crippen LogP contribution in [0.25, 0.3) is 0 Å². The van der Waals surface area contributed by atoms with Crippen molar-refractivity contribution in [2.45, 2.75) is 19.8 Å². The van der Waals surface area contributed by atoms with Crippen LogP contribution in [0.4, 0.5) is 0 Å². The van der Waals surface area contributed by atoms with Gasteiger partial charge in [-0.2, -0.15) is 4.98 Å². The highest BCUT2D eigenvalue weighted by Gasteiger charge is 2.08. The number of rotatable bonds is 6. The molecule has 6 nitrogen and oxygen atoms in total. The Morgan fingerprint density at radius 3 is 3.00 bits per heavy atom. The number of carbonyl (C=O) groups is 1. The first kappa shape index (κ1) is 11.6. The van der Waals surface area contributed by atoms with Crippen LogP contribution < -0.4 is 5.32 Å². The van der Waals surface area contributed by atoms with Crippen molar-refractivity contribution in [1.29, 1.82) is 0 Å². The van der Waals surface area contributed by atoms with E-state index in [1.54, 1.807) is 14.0 Å². The molecule has 0 fully saturated rings. The SMILES string of the molecule is COCCCNC(=O)Cc1nc(C)no1. The maximum Gasteiger partial charge on any atom is 0.236 e. The second-order valence-electron chi connectivity index (χ2n) is 3.11. The molecule has 1 N–H and O–H groups in total. The zero-order chi connectivity index (χ0) is 11.1. The number of ether oxygens (including phenoxy) is 1. The quantitative estimate of drug-likeness (QED) is 0.677. The van der Waals surface area contributed by atoms with E-state index in [0.717, 1.165) is 6.42 Å². The van der Waals surface area contributed by atoms with E-state index in [-0.39, 0.29) is 12.3 Å². The van der Waals surface area contributed by atoms with Gasteiger partial charge in [0.2, 0.25) is 11.8 Å². The normalized spacial score (nSPS) is 10.3. The summed E-state index contributed by atoms with van der Waals surface area (Å²) in [5, 5.41) is 6.32. The molecule has 84 valence electrons. The lowest BCUT2D eigenvalue weighted by Gasteiger charge is -2.01. The van der Waals surface area contributed by atoms with Gasteiger partial charge in [-0.05, 0) is 13.3 Å². The lowest BCUT2D eigenvalue weighted by Crippen LogP contribution is -2.26. The van der Waals surface area contributed by atoms with Crippen LogP contribution in [-0.4, -0.2) is 36.3 Å². The van der Waals surface area contributed by atoms with E-state index in [1.165, 1.54) is 0 Å². The molecule has 0 saturated carbocycles. The van der Waals surface area contributed by atoms with Crippen LogP contribution >= 0.6 is 0 Å². The van der Waals surface area contributed by atoms with E-state index in [0.29, 0.717) is 24.9 Å². The highest BCUT2D eigenvalue weighted by atomic mass is 16.5. The monoisotopic (exact) mass is 213 g/mol. The number of nitrogens with zero attached hydrogens (tertiary/aromatic N) is 2. The van der Waals surface area contributed by atoms with E-state index >= 15 is 0 Å². The van der Waals surface area contributed by atoms with Gasteiger partial charge in [0, 0.05) is 20.3 Å². The Morgan fingerprint density at radius 1 is 1.60 bits per heavy atom. The van der Waals surface area contributed by atoms with Gasteiger partial charge < -0.3 is 14.6 Å². The van der Waals surface area contributed by atoms with Gasteiger partial charge in [-0.25, -0.2) is 0 Å². The molecule has 0 radical (unpaired) electrons. The summed E-state index contributed by atoms with van der Waals surface area (Å²) in [6.07, 6.45) is 0.929. The molecule has 1 heterocycles. The minimum Gasteiger partial charge on any atom is -0.385 e. The zero-order valence-corrected chi connectivity index (χ0v) is 8.95. The lowest BCUT2D eigenvalue weighted by molar-refractivity contribution is -0.120. The molecule has 15 heavy (non-hydrogen) atoms. The highest BCUT2D eigenvalue weighted by molar-refractivity contribution is 5.77. The maximum absolute atomic E-state index is 11.3. The van der Waals surface area contributed by atoms with Crippen LogP contribution in [0.3, 0.4) is 0 Å². The van der Waals surface area contributed by atoms with Crippen LogP contribution in [0.2, 0.25) is 0 Å². The van der Waals surface area contributed by atoms with Crippen LogP contribution in [-0.2, 0) is 16.0 Å². The maximum atomic E-state index is 11.3. The number of aryl methyl sites for hydroxylation is 1. The average molecular weight is 213 g/mol. The topological polar surface area (TPSA) is 77.2 Å². The number of hydrogen-bond donors (Lipinski definition) is 1. The first-order chi connectivity index (χ1) is 7.22. The summed E-state index contributed by atoms with van der Waals surface area (Å²) in [4.78, 5) is 15.2. The molecule has 0 bridgehead atoms. The minimum absolute atomic E-state index is 0.116. The van der Waals surface area contributed by atoms with Crippen LogP contribution in [0.15, 0.2) is 4.52 Å².